The van der Waals surface area contributed by atoms with Crippen molar-refractivity contribution in [2.24, 2.45) is 0 Å². The topological polar surface area (TPSA) is 62.1 Å². The zero-order valence-electron chi connectivity index (χ0n) is 12.8. The number of esters is 1. The first-order chi connectivity index (χ1) is 10.5. The minimum atomic E-state index is -0.292. The number of carbonyl (C=O) groups is 1. The van der Waals surface area contributed by atoms with Crippen molar-refractivity contribution in [3.8, 4) is 6.07 Å². The Morgan fingerprint density at radius 2 is 2.09 bits per heavy atom. The van der Waals surface area contributed by atoms with Crippen LogP contribution in [-0.2, 0) is 11.3 Å². The Morgan fingerprint density at radius 3 is 2.68 bits per heavy atom. The summed E-state index contributed by atoms with van der Waals surface area (Å²) < 4.78 is 4.75. The zero-order valence-corrected chi connectivity index (χ0v) is 13.7. The van der Waals surface area contributed by atoms with Crippen LogP contribution in [0.15, 0.2) is 30.3 Å². The fourth-order valence-corrected chi connectivity index (χ4v) is 3.08. The molecule has 114 valence electrons. The summed E-state index contributed by atoms with van der Waals surface area (Å²) in [5.41, 5.74) is 2.89. The van der Waals surface area contributed by atoms with E-state index in [1.165, 1.54) is 18.4 Å². The number of hydrogen-bond donors (Lipinski definition) is 1. The quantitative estimate of drug-likeness (QED) is 0.857. The van der Waals surface area contributed by atoms with Crippen LogP contribution in [0.5, 0.6) is 0 Å². The molecule has 5 heteroatoms. The van der Waals surface area contributed by atoms with Gasteiger partial charge >= 0.3 is 5.97 Å². The Bertz CT molecular complexity index is 698. The highest BCUT2D eigenvalue weighted by Crippen LogP contribution is 2.23. The van der Waals surface area contributed by atoms with Gasteiger partial charge < -0.3 is 10.1 Å². The lowest BCUT2D eigenvalue weighted by atomic mass is 10.1. The first-order valence-electron chi connectivity index (χ1n) is 6.96. The molecular formula is C17H18N2O2S. The van der Waals surface area contributed by atoms with Gasteiger partial charge in [0.1, 0.15) is 4.88 Å². The molecule has 0 saturated heterocycles. The number of benzene rings is 1. The van der Waals surface area contributed by atoms with Gasteiger partial charge in [-0.2, -0.15) is 5.26 Å². The first-order valence-corrected chi connectivity index (χ1v) is 7.78. The summed E-state index contributed by atoms with van der Waals surface area (Å²) in [4.78, 5) is 13.3. The van der Waals surface area contributed by atoms with E-state index in [1.807, 2.05) is 37.3 Å². The minimum Gasteiger partial charge on any atom is -0.465 e. The minimum absolute atomic E-state index is 0.161. The highest BCUT2D eigenvalue weighted by atomic mass is 32.1. The van der Waals surface area contributed by atoms with Crippen molar-refractivity contribution in [2.45, 2.75) is 26.4 Å². The van der Waals surface area contributed by atoms with Crippen molar-refractivity contribution in [3.05, 3.63) is 56.8 Å². The van der Waals surface area contributed by atoms with Gasteiger partial charge in [-0.3, -0.25) is 0 Å². The predicted octanol–water partition coefficient (Wildman–Crippen LogP) is 3.57. The number of methoxy groups -OCH3 is 1. The van der Waals surface area contributed by atoms with E-state index in [4.69, 9.17) is 10.00 Å². The molecule has 1 aromatic heterocycles. The van der Waals surface area contributed by atoms with E-state index in [0.29, 0.717) is 17.0 Å². The van der Waals surface area contributed by atoms with Crippen LogP contribution in [0.2, 0.25) is 0 Å². The average Bonchev–Trinajstić information content (AvgIpc) is 2.93. The van der Waals surface area contributed by atoms with Crippen LogP contribution in [0.4, 0.5) is 0 Å². The number of ether oxygens (including phenoxy) is 1. The van der Waals surface area contributed by atoms with Gasteiger partial charge in [0, 0.05) is 17.5 Å². The van der Waals surface area contributed by atoms with Crippen molar-refractivity contribution in [1.29, 1.82) is 5.26 Å². The number of carbonyl (C=O) groups excluding carboxylic acids is 1. The summed E-state index contributed by atoms with van der Waals surface area (Å²) in [6.07, 6.45) is 0. The summed E-state index contributed by atoms with van der Waals surface area (Å²) in [5.74, 6) is -0.292. The normalized spacial score (nSPS) is 11.7. The van der Waals surface area contributed by atoms with Crippen LogP contribution >= 0.6 is 11.3 Å². The monoisotopic (exact) mass is 314 g/mol. The van der Waals surface area contributed by atoms with Crippen molar-refractivity contribution in [2.75, 3.05) is 7.11 Å². The average molecular weight is 314 g/mol. The van der Waals surface area contributed by atoms with Crippen molar-refractivity contribution in [3.63, 3.8) is 0 Å². The van der Waals surface area contributed by atoms with Crippen LogP contribution in [-0.4, -0.2) is 13.1 Å². The second kappa shape index (κ2) is 7.21. The van der Waals surface area contributed by atoms with Gasteiger partial charge in [0.2, 0.25) is 0 Å². The molecule has 0 amide bonds. The molecule has 0 unspecified atom stereocenters. The molecule has 0 saturated carbocycles. The van der Waals surface area contributed by atoms with Gasteiger partial charge in [-0.25, -0.2) is 4.79 Å². The van der Waals surface area contributed by atoms with Crippen LogP contribution in [0, 0.1) is 18.3 Å². The van der Waals surface area contributed by atoms with Crippen molar-refractivity contribution < 1.29 is 9.53 Å². The highest BCUT2D eigenvalue weighted by Gasteiger charge is 2.13. The summed E-state index contributed by atoms with van der Waals surface area (Å²) >= 11 is 1.45. The van der Waals surface area contributed by atoms with E-state index in [0.717, 1.165) is 16.0 Å². The maximum atomic E-state index is 11.5. The molecule has 1 heterocycles. The third-order valence-corrected chi connectivity index (χ3v) is 4.62. The molecule has 0 aliphatic heterocycles. The molecule has 0 aliphatic carbocycles. The van der Waals surface area contributed by atoms with Crippen LogP contribution in [0.3, 0.4) is 0 Å². The number of aryl methyl sites for hydroxylation is 1. The third kappa shape index (κ3) is 3.73. The van der Waals surface area contributed by atoms with Crippen LogP contribution in [0.1, 0.15) is 44.2 Å². The predicted molar refractivity (Wildman–Crippen MR) is 86.8 cm³/mol. The van der Waals surface area contributed by atoms with E-state index in [-0.39, 0.29) is 12.0 Å². The number of rotatable bonds is 5. The summed E-state index contributed by atoms with van der Waals surface area (Å²) in [5, 5.41) is 12.3. The van der Waals surface area contributed by atoms with Gasteiger partial charge in [-0.15, -0.1) is 11.3 Å². The SMILES string of the molecule is COC(=O)c1cc(CN[C@@H](C)c2ccc(C#N)cc2)c(C)s1. The molecule has 0 spiro atoms. The summed E-state index contributed by atoms with van der Waals surface area (Å²) in [7, 11) is 1.39. The Labute approximate surface area is 134 Å². The standard InChI is InChI=1S/C17H18N2O2S/c1-11(14-6-4-13(9-18)5-7-14)19-10-15-8-16(17(20)21-3)22-12(15)2/h4-8,11,19H,10H2,1-3H3/t11-/m0/s1. The molecule has 0 radical (unpaired) electrons. The van der Waals surface area contributed by atoms with Gasteiger partial charge in [-0.05, 0) is 43.2 Å². The van der Waals surface area contributed by atoms with Crippen LogP contribution < -0.4 is 5.32 Å². The fourth-order valence-electron chi connectivity index (χ4n) is 2.12. The molecular weight excluding hydrogens is 296 g/mol. The van der Waals surface area contributed by atoms with Gasteiger partial charge in [0.15, 0.2) is 0 Å². The molecule has 1 aromatic carbocycles. The molecule has 4 nitrogen and oxygen atoms in total. The lowest BCUT2D eigenvalue weighted by Crippen LogP contribution is -2.18. The van der Waals surface area contributed by atoms with Crippen molar-refractivity contribution in [1.82, 2.24) is 5.32 Å². The number of nitriles is 1. The first kappa shape index (κ1) is 16.2. The second-order valence-electron chi connectivity index (χ2n) is 5.02. The molecule has 0 fully saturated rings. The number of hydrogen-bond acceptors (Lipinski definition) is 5. The maximum Gasteiger partial charge on any atom is 0.348 e. The molecule has 1 N–H and O–H groups in total. The Kier molecular flexibility index (Phi) is 5.31. The summed E-state index contributed by atoms with van der Waals surface area (Å²) in [6.45, 7) is 4.76. The Hall–Kier alpha value is -2.16. The lowest BCUT2D eigenvalue weighted by molar-refractivity contribution is 0.0606. The zero-order chi connectivity index (χ0) is 16.1. The van der Waals surface area contributed by atoms with Crippen molar-refractivity contribution >= 4 is 17.3 Å². The number of thiophene rings is 1. The lowest BCUT2D eigenvalue weighted by Gasteiger charge is -2.14. The molecule has 22 heavy (non-hydrogen) atoms. The molecule has 2 rings (SSSR count). The molecule has 0 bridgehead atoms. The van der Waals surface area contributed by atoms with E-state index in [9.17, 15) is 4.79 Å². The van der Waals surface area contributed by atoms with Gasteiger partial charge in [-0.1, -0.05) is 12.1 Å². The molecule has 2 aromatic rings. The second-order valence-corrected chi connectivity index (χ2v) is 6.28. The highest BCUT2D eigenvalue weighted by molar-refractivity contribution is 7.14. The maximum absolute atomic E-state index is 11.5. The fraction of sp³-hybridized carbons (Fsp3) is 0.294. The van der Waals surface area contributed by atoms with Gasteiger partial charge in [0.25, 0.3) is 0 Å². The van der Waals surface area contributed by atoms with E-state index in [2.05, 4.69) is 18.3 Å². The smallest absolute Gasteiger partial charge is 0.348 e. The molecule has 0 aliphatic rings. The third-order valence-electron chi connectivity index (χ3n) is 3.55. The van der Waals surface area contributed by atoms with Gasteiger partial charge in [0.05, 0.1) is 18.7 Å². The Balaban J connectivity index is 2.01. The number of nitrogens with one attached hydrogen (secondary N) is 1. The largest absolute Gasteiger partial charge is 0.465 e. The van der Waals surface area contributed by atoms with E-state index in [1.54, 1.807) is 0 Å². The van der Waals surface area contributed by atoms with Crippen LogP contribution in [0.25, 0.3) is 0 Å². The number of nitrogens with zero attached hydrogens (tertiary/aromatic N) is 1. The van der Waals surface area contributed by atoms with E-state index >= 15 is 0 Å². The summed E-state index contributed by atoms with van der Waals surface area (Å²) in [6, 6.07) is 11.7. The molecule has 1 atom stereocenters. The van der Waals surface area contributed by atoms with E-state index < -0.39 is 0 Å². The Morgan fingerprint density at radius 1 is 1.41 bits per heavy atom.